The van der Waals surface area contributed by atoms with Crippen molar-refractivity contribution in [1.82, 2.24) is 15.5 Å². The third-order valence-corrected chi connectivity index (χ3v) is 4.83. The summed E-state index contributed by atoms with van der Waals surface area (Å²) >= 11 is 0. The van der Waals surface area contributed by atoms with Crippen LogP contribution in [0.2, 0.25) is 0 Å². The SMILES string of the molecule is CCOc1ccc2c(c1)CC(C(=O)Nc1ccc(-c3cn[nH]c3)cc1F)NC2. The highest BCUT2D eigenvalue weighted by molar-refractivity contribution is 5.95. The molecule has 1 amide bonds. The van der Waals surface area contributed by atoms with Crippen molar-refractivity contribution in [1.29, 1.82) is 0 Å². The molecular weight excluding hydrogens is 359 g/mol. The second-order valence-corrected chi connectivity index (χ2v) is 6.67. The fraction of sp³-hybridized carbons (Fsp3) is 0.238. The van der Waals surface area contributed by atoms with Crippen molar-refractivity contribution in [2.45, 2.75) is 25.9 Å². The van der Waals surface area contributed by atoms with Crippen LogP contribution in [0.25, 0.3) is 11.1 Å². The molecule has 1 aliphatic rings. The topological polar surface area (TPSA) is 79.0 Å². The fourth-order valence-electron chi connectivity index (χ4n) is 3.36. The average molecular weight is 380 g/mol. The van der Waals surface area contributed by atoms with Crippen molar-refractivity contribution >= 4 is 11.6 Å². The molecule has 28 heavy (non-hydrogen) atoms. The Hall–Kier alpha value is -3.19. The molecule has 0 radical (unpaired) electrons. The molecule has 3 N–H and O–H groups in total. The van der Waals surface area contributed by atoms with Crippen LogP contribution in [-0.4, -0.2) is 28.8 Å². The predicted octanol–water partition coefficient (Wildman–Crippen LogP) is 3.27. The third-order valence-electron chi connectivity index (χ3n) is 4.83. The Morgan fingerprint density at radius 1 is 1.25 bits per heavy atom. The molecule has 7 heteroatoms. The molecule has 0 spiro atoms. The Bertz CT molecular complexity index is 988. The van der Waals surface area contributed by atoms with Crippen LogP contribution < -0.4 is 15.4 Å². The molecule has 0 fully saturated rings. The number of hydrogen-bond donors (Lipinski definition) is 3. The van der Waals surface area contributed by atoms with E-state index in [1.165, 1.54) is 6.07 Å². The molecule has 3 aromatic rings. The number of nitrogens with one attached hydrogen (secondary N) is 3. The molecule has 0 saturated carbocycles. The number of aromatic nitrogens is 2. The van der Waals surface area contributed by atoms with Gasteiger partial charge >= 0.3 is 0 Å². The van der Waals surface area contributed by atoms with Crippen molar-refractivity contribution in [2.75, 3.05) is 11.9 Å². The molecule has 1 atom stereocenters. The normalized spacial score (nSPS) is 15.7. The first-order valence-electron chi connectivity index (χ1n) is 9.21. The van der Waals surface area contributed by atoms with Crippen LogP contribution in [-0.2, 0) is 17.8 Å². The maximum atomic E-state index is 14.5. The number of ether oxygens (including phenoxy) is 1. The number of nitrogens with zero attached hydrogens (tertiary/aromatic N) is 1. The van der Waals surface area contributed by atoms with E-state index in [-0.39, 0.29) is 11.6 Å². The van der Waals surface area contributed by atoms with Crippen LogP contribution in [0.5, 0.6) is 5.75 Å². The van der Waals surface area contributed by atoms with Gasteiger partial charge in [0.1, 0.15) is 11.6 Å². The number of anilines is 1. The van der Waals surface area contributed by atoms with Crippen molar-refractivity contribution in [3.8, 4) is 16.9 Å². The molecule has 1 aromatic heterocycles. The Kier molecular flexibility index (Phi) is 5.08. The number of aromatic amines is 1. The van der Waals surface area contributed by atoms with Gasteiger partial charge in [0.2, 0.25) is 5.91 Å². The summed E-state index contributed by atoms with van der Waals surface area (Å²) in [6.45, 7) is 3.11. The van der Waals surface area contributed by atoms with E-state index < -0.39 is 11.9 Å². The number of rotatable bonds is 5. The standard InChI is InChI=1S/C21H21FN4O2/c1-2-28-17-5-3-14-10-23-20(9-15(14)7-17)21(27)26-19-6-4-13(8-18(19)22)16-11-24-25-12-16/h3-8,11-12,20,23H,2,9-10H2,1H3,(H,24,25)(H,26,27). The molecule has 1 unspecified atom stereocenters. The maximum Gasteiger partial charge on any atom is 0.241 e. The fourth-order valence-corrected chi connectivity index (χ4v) is 3.36. The quantitative estimate of drug-likeness (QED) is 0.635. The zero-order chi connectivity index (χ0) is 19.5. The maximum absolute atomic E-state index is 14.5. The minimum atomic E-state index is -0.484. The van der Waals surface area contributed by atoms with E-state index in [0.29, 0.717) is 25.1 Å². The summed E-state index contributed by atoms with van der Waals surface area (Å²) in [5.41, 5.74) is 3.85. The lowest BCUT2D eigenvalue weighted by Gasteiger charge is -2.26. The number of carbonyl (C=O) groups excluding carboxylic acids is 1. The molecule has 0 bridgehead atoms. The summed E-state index contributed by atoms with van der Waals surface area (Å²) < 4.78 is 20.0. The van der Waals surface area contributed by atoms with E-state index in [1.807, 2.05) is 25.1 Å². The molecule has 1 aliphatic heterocycles. The molecule has 0 aliphatic carbocycles. The van der Waals surface area contributed by atoms with Crippen molar-refractivity contribution in [2.24, 2.45) is 0 Å². The van der Waals surface area contributed by atoms with Gasteiger partial charge < -0.3 is 15.4 Å². The van der Waals surface area contributed by atoms with Crippen molar-refractivity contribution in [3.63, 3.8) is 0 Å². The van der Waals surface area contributed by atoms with E-state index in [2.05, 4.69) is 20.8 Å². The third kappa shape index (κ3) is 3.75. The van der Waals surface area contributed by atoms with Gasteiger partial charge in [0.25, 0.3) is 0 Å². The molecular formula is C21H21FN4O2. The van der Waals surface area contributed by atoms with Crippen LogP contribution in [0.15, 0.2) is 48.8 Å². The first-order chi connectivity index (χ1) is 13.6. The van der Waals surface area contributed by atoms with E-state index in [1.54, 1.807) is 24.5 Å². The van der Waals surface area contributed by atoms with E-state index in [0.717, 1.165) is 22.4 Å². The Balaban J connectivity index is 1.46. The van der Waals surface area contributed by atoms with Gasteiger partial charge in [-0.15, -0.1) is 0 Å². The predicted molar refractivity (Wildman–Crippen MR) is 105 cm³/mol. The highest BCUT2D eigenvalue weighted by Crippen LogP contribution is 2.25. The first kappa shape index (κ1) is 18.2. The van der Waals surface area contributed by atoms with Crippen LogP contribution in [0, 0.1) is 5.82 Å². The minimum absolute atomic E-state index is 0.160. The molecule has 144 valence electrons. The average Bonchev–Trinajstić information content (AvgIpc) is 3.24. The minimum Gasteiger partial charge on any atom is -0.494 e. The summed E-state index contributed by atoms with van der Waals surface area (Å²) in [7, 11) is 0. The number of benzene rings is 2. The van der Waals surface area contributed by atoms with E-state index >= 15 is 0 Å². The van der Waals surface area contributed by atoms with Gasteiger partial charge in [-0.3, -0.25) is 9.89 Å². The number of fused-ring (bicyclic) bond motifs is 1. The van der Waals surface area contributed by atoms with E-state index in [9.17, 15) is 9.18 Å². The number of H-pyrrole nitrogens is 1. The van der Waals surface area contributed by atoms with Crippen molar-refractivity contribution < 1.29 is 13.9 Å². The first-order valence-corrected chi connectivity index (χ1v) is 9.21. The summed E-state index contributed by atoms with van der Waals surface area (Å²) in [5, 5.41) is 12.5. The molecule has 2 aromatic carbocycles. The summed E-state index contributed by atoms with van der Waals surface area (Å²) in [5.74, 6) is 0.0486. The second kappa shape index (κ2) is 7.82. The van der Waals surface area contributed by atoms with Gasteiger partial charge in [-0.05, 0) is 54.3 Å². The van der Waals surface area contributed by atoms with Crippen LogP contribution >= 0.6 is 0 Å². The van der Waals surface area contributed by atoms with Crippen LogP contribution in [0.3, 0.4) is 0 Å². The van der Waals surface area contributed by atoms with E-state index in [4.69, 9.17) is 4.74 Å². The molecule has 4 rings (SSSR count). The highest BCUT2D eigenvalue weighted by Gasteiger charge is 2.25. The van der Waals surface area contributed by atoms with Gasteiger partial charge in [-0.2, -0.15) is 5.10 Å². The molecule has 0 saturated heterocycles. The summed E-state index contributed by atoms with van der Waals surface area (Å²) in [4.78, 5) is 12.7. The number of amides is 1. The number of halogens is 1. The van der Waals surface area contributed by atoms with Crippen molar-refractivity contribution in [3.05, 3.63) is 65.7 Å². The zero-order valence-electron chi connectivity index (χ0n) is 15.5. The van der Waals surface area contributed by atoms with Crippen LogP contribution in [0.4, 0.5) is 10.1 Å². The Labute approximate surface area is 162 Å². The smallest absolute Gasteiger partial charge is 0.241 e. The highest BCUT2D eigenvalue weighted by atomic mass is 19.1. The van der Waals surface area contributed by atoms with Gasteiger partial charge in [0.15, 0.2) is 0 Å². The molecule has 2 heterocycles. The van der Waals surface area contributed by atoms with Crippen LogP contribution in [0.1, 0.15) is 18.1 Å². The lowest BCUT2D eigenvalue weighted by atomic mass is 9.95. The van der Waals surface area contributed by atoms with Gasteiger partial charge in [0.05, 0.1) is 24.5 Å². The number of carbonyl (C=O) groups is 1. The monoisotopic (exact) mass is 380 g/mol. The summed E-state index contributed by atoms with van der Waals surface area (Å²) in [6, 6.07) is 10.2. The molecule has 6 nitrogen and oxygen atoms in total. The lowest BCUT2D eigenvalue weighted by molar-refractivity contribution is -0.118. The second-order valence-electron chi connectivity index (χ2n) is 6.67. The Morgan fingerprint density at radius 3 is 2.89 bits per heavy atom. The summed E-state index contributed by atoms with van der Waals surface area (Å²) in [6.07, 6.45) is 3.83. The zero-order valence-corrected chi connectivity index (χ0v) is 15.5. The van der Waals surface area contributed by atoms with Gasteiger partial charge in [0, 0.05) is 18.3 Å². The van der Waals surface area contributed by atoms with Gasteiger partial charge in [-0.1, -0.05) is 12.1 Å². The van der Waals surface area contributed by atoms with Gasteiger partial charge in [-0.25, -0.2) is 4.39 Å². The largest absolute Gasteiger partial charge is 0.494 e. The number of hydrogen-bond acceptors (Lipinski definition) is 4. The Morgan fingerprint density at radius 2 is 2.14 bits per heavy atom. The lowest BCUT2D eigenvalue weighted by Crippen LogP contribution is -2.44.